The molecule has 11 heteroatoms. The van der Waals surface area contributed by atoms with Crippen LogP contribution in [-0.4, -0.2) is 69.9 Å². The summed E-state index contributed by atoms with van der Waals surface area (Å²) in [5.74, 6) is -1.55. The van der Waals surface area contributed by atoms with E-state index in [1.165, 1.54) is 42.3 Å². The highest BCUT2D eigenvalue weighted by Crippen LogP contribution is 2.30. The molecular formula is C20H23FN2O7S. The van der Waals surface area contributed by atoms with Gasteiger partial charge in [-0.1, -0.05) is 0 Å². The van der Waals surface area contributed by atoms with E-state index in [0.717, 1.165) is 13.2 Å². The average molecular weight is 454 g/mol. The van der Waals surface area contributed by atoms with Crippen LogP contribution in [0.25, 0.3) is 0 Å². The van der Waals surface area contributed by atoms with Gasteiger partial charge in [0.25, 0.3) is 5.91 Å². The fraction of sp³-hybridized carbons (Fsp3) is 0.400. The Bertz CT molecular complexity index is 1120. The molecule has 1 amide bonds. The molecule has 1 saturated heterocycles. The van der Waals surface area contributed by atoms with E-state index in [2.05, 4.69) is 0 Å². The third kappa shape index (κ3) is 4.15. The second-order valence-corrected chi connectivity index (χ2v) is 8.83. The number of carbonyl (C=O) groups excluding carboxylic acids is 2. The van der Waals surface area contributed by atoms with Crippen LogP contribution in [0.1, 0.15) is 32.2 Å². The lowest BCUT2D eigenvalue weighted by Crippen LogP contribution is -2.50. The molecule has 2 aromatic rings. The molecule has 1 aromatic heterocycles. The van der Waals surface area contributed by atoms with Crippen molar-refractivity contribution in [2.45, 2.75) is 18.7 Å². The number of aryl methyl sites for hydroxylation is 2. The van der Waals surface area contributed by atoms with Crippen molar-refractivity contribution in [2.75, 3.05) is 40.4 Å². The van der Waals surface area contributed by atoms with Gasteiger partial charge in [-0.15, -0.1) is 0 Å². The summed E-state index contributed by atoms with van der Waals surface area (Å²) in [4.78, 5) is 25.9. The summed E-state index contributed by atoms with van der Waals surface area (Å²) >= 11 is 0. The first-order valence-corrected chi connectivity index (χ1v) is 10.9. The van der Waals surface area contributed by atoms with Crippen LogP contribution >= 0.6 is 0 Å². The van der Waals surface area contributed by atoms with Crippen LogP contribution in [0.4, 0.5) is 4.39 Å². The van der Waals surface area contributed by atoms with E-state index in [0.29, 0.717) is 0 Å². The number of benzene rings is 1. The molecule has 0 aliphatic carbocycles. The molecule has 9 nitrogen and oxygen atoms in total. The van der Waals surface area contributed by atoms with Gasteiger partial charge in [0.2, 0.25) is 10.0 Å². The van der Waals surface area contributed by atoms with Crippen LogP contribution in [0.5, 0.6) is 5.75 Å². The number of esters is 1. The third-order valence-corrected chi connectivity index (χ3v) is 7.18. The zero-order valence-electron chi connectivity index (χ0n) is 17.6. The minimum absolute atomic E-state index is 0.0177. The number of sulfonamides is 1. The van der Waals surface area contributed by atoms with Gasteiger partial charge in [0, 0.05) is 32.2 Å². The van der Waals surface area contributed by atoms with Gasteiger partial charge in [0.15, 0.2) is 0 Å². The first-order chi connectivity index (χ1) is 14.6. The van der Waals surface area contributed by atoms with Crippen molar-refractivity contribution >= 4 is 21.9 Å². The number of piperazine rings is 1. The number of methoxy groups -OCH3 is 2. The number of hydrogen-bond acceptors (Lipinski definition) is 7. The van der Waals surface area contributed by atoms with E-state index in [-0.39, 0.29) is 59.5 Å². The van der Waals surface area contributed by atoms with Crippen molar-refractivity contribution in [3.63, 3.8) is 0 Å². The monoisotopic (exact) mass is 454 g/mol. The second kappa shape index (κ2) is 8.67. The van der Waals surface area contributed by atoms with Gasteiger partial charge in [-0.05, 0) is 26.0 Å². The van der Waals surface area contributed by atoms with Gasteiger partial charge in [-0.25, -0.2) is 17.6 Å². The number of nitrogens with zero attached hydrogens (tertiary/aromatic N) is 2. The summed E-state index contributed by atoms with van der Waals surface area (Å²) in [6.45, 7) is 3.03. The summed E-state index contributed by atoms with van der Waals surface area (Å²) in [5.41, 5.74) is -0.259. The maximum Gasteiger partial charge on any atom is 0.342 e. The maximum absolute atomic E-state index is 14.2. The quantitative estimate of drug-likeness (QED) is 0.636. The third-order valence-electron chi connectivity index (χ3n) is 5.12. The molecule has 168 valence electrons. The highest BCUT2D eigenvalue weighted by molar-refractivity contribution is 7.89. The molecule has 0 radical (unpaired) electrons. The molecule has 0 unspecified atom stereocenters. The lowest BCUT2D eigenvalue weighted by atomic mass is 10.1. The number of carbonyl (C=O) groups is 2. The van der Waals surface area contributed by atoms with E-state index in [1.807, 2.05) is 0 Å². The molecule has 3 rings (SSSR count). The zero-order chi connectivity index (χ0) is 22.9. The smallest absolute Gasteiger partial charge is 0.342 e. The normalized spacial score (nSPS) is 15.1. The Kier molecular flexibility index (Phi) is 6.37. The first kappa shape index (κ1) is 22.8. The molecule has 0 bridgehead atoms. The van der Waals surface area contributed by atoms with Gasteiger partial charge in [0.05, 0.1) is 19.8 Å². The molecular weight excluding hydrogens is 431 g/mol. The summed E-state index contributed by atoms with van der Waals surface area (Å²) in [6, 6.07) is 3.93. The van der Waals surface area contributed by atoms with E-state index in [9.17, 15) is 22.4 Å². The van der Waals surface area contributed by atoms with Crippen LogP contribution in [0.2, 0.25) is 0 Å². The topological polar surface area (TPSA) is 106 Å². The fourth-order valence-electron chi connectivity index (χ4n) is 3.54. The van der Waals surface area contributed by atoms with Gasteiger partial charge in [-0.3, -0.25) is 4.79 Å². The summed E-state index contributed by atoms with van der Waals surface area (Å²) in [7, 11) is -1.53. The minimum Gasteiger partial charge on any atom is -0.497 e. The molecule has 1 aliphatic heterocycles. The van der Waals surface area contributed by atoms with Crippen LogP contribution in [0.15, 0.2) is 27.5 Å². The van der Waals surface area contributed by atoms with Crippen LogP contribution in [-0.2, 0) is 14.8 Å². The number of ether oxygens (including phenoxy) is 2. The molecule has 2 heterocycles. The summed E-state index contributed by atoms with van der Waals surface area (Å²) in [5, 5.41) is 0. The highest BCUT2D eigenvalue weighted by atomic mass is 32.2. The standard InChI is InChI=1S/C20H23FN2O7S/c1-12-17(20(25)29-4)18(13(2)30-12)31(26,27)23-9-7-22(8-10-23)19(24)15-6-5-14(28-3)11-16(15)21/h5-6,11H,7-10H2,1-4H3. The fourth-order valence-corrected chi connectivity index (χ4v) is 5.33. The van der Waals surface area contributed by atoms with E-state index in [1.54, 1.807) is 0 Å². The predicted molar refractivity (Wildman–Crippen MR) is 107 cm³/mol. The molecule has 31 heavy (non-hydrogen) atoms. The van der Waals surface area contributed by atoms with Gasteiger partial charge >= 0.3 is 5.97 Å². The van der Waals surface area contributed by atoms with Crippen LogP contribution in [0.3, 0.4) is 0 Å². The first-order valence-electron chi connectivity index (χ1n) is 9.43. The number of rotatable bonds is 5. The molecule has 1 aliphatic rings. The SMILES string of the molecule is COC(=O)c1c(C)oc(C)c1S(=O)(=O)N1CCN(C(=O)c2ccc(OC)cc2F)CC1. The van der Waals surface area contributed by atoms with E-state index < -0.39 is 27.7 Å². The zero-order valence-corrected chi connectivity index (χ0v) is 18.4. The second-order valence-electron chi connectivity index (χ2n) is 6.95. The molecule has 0 saturated carbocycles. The predicted octanol–water partition coefficient (Wildman–Crippen LogP) is 1.98. The minimum atomic E-state index is -4.08. The molecule has 1 aromatic carbocycles. The van der Waals surface area contributed by atoms with Crippen molar-refractivity contribution in [1.82, 2.24) is 9.21 Å². The lowest BCUT2D eigenvalue weighted by molar-refractivity contribution is 0.0594. The Balaban J connectivity index is 1.80. The number of hydrogen-bond donors (Lipinski definition) is 0. The molecule has 0 atom stereocenters. The van der Waals surface area contributed by atoms with Crippen molar-refractivity contribution < 1.29 is 36.3 Å². The Morgan fingerprint density at radius 1 is 1.06 bits per heavy atom. The van der Waals surface area contributed by atoms with Crippen molar-refractivity contribution in [2.24, 2.45) is 0 Å². The van der Waals surface area contributed by atoms with Crippen molar-refractivity contribution in [1.29, 1.82) is 0 Å². The van der Waals surface area contributed by atoms with Gasteiger partial charge in [0.1, 0.15) is 33.5 Å². The number of amides is 1. The van der Waals surface area contributed by atoms with Crippen molar-refractivity contribution in [3.05, 3.63) is 46.7 Å². The summed E-state index contributed by atoms with van der Waals surface area (Å²) < 4.78 is 56.9. The van der Waals surface area contributed by atoms with Crippen molar-refractivity contribution in [3.8, 4) is 5.75 Å². The largest absolute Gasteiger partial charge is 0.497 e. The Morgan fingerprint density at radius 2 is 1.71 bits per heavy atom. The van der Waals surface area contributed by atoms with E-state index >= 15 is 0 Å². The average Bonchev–Trinajstić information content (AvgIpc) is 3.07. The number of halogens is 1. The maximum atomic E-state index is 14.2. The Morgan fingerprint density at radius 3 is 2.26 bits per heavy atom. The van der Waals surface area contributed by atoms with Crippen LogP contribution < -0.4 is 4.74 Å². The highest BCUT2D eigenvalue weighted by Gasteiger charge is 2.38. The number of furan rings is 1. The lowest BCUT2D eigenvalue weighted by Gasteiger charge is -2.34. The molecule has 0 N–H and O–H groups in total. The molecule has 1 fully saturated rings. The van der Waals surface area contributed by atoms with Gasteiger partial charge < -0.3 is 18.8 Å². The van der Waals surface area contributed by atoms with Crippen LogP contribution in [0, 0.1) is 19.7 Å². The Hall–Kier alpha value is -2.92. The molecule has 0 spiro atoms. The van der Waals surface area contributed by atoms with E-state index in [4.69, 9.17) is 13.9 Å². The summed E-state index contributed by atoms with van der Waals surface area (Å²) in [6.07, 6.45) is 0. The Labute approximate surface area is 179 Å². The van der Waals surface area contributed by atoms with Gasteiger partial charge in [-0.2, -0.15) is 4.31 Å².